The minimum atomic E-state index is 0.284. The summed E-state index contributed by atoms with van der Waals surface area (Å²) in [7, 11) is 0. The largest absolute Gasteiger partial charge is 0.343 e. The number of para-hydroxylation sites is 2. The molecule has 0 bridgehead atoms. The van der Waals surface area contributed by atoms with Gasteiger partial charge in [-0.3, -0.25) is 4.79 Å². The number of likely N-dealkylation sites (tertiary alicyclic amines) is 1. The lowest BCUT2D eigenvalue weighted by molar-refractivity contribution is -0.133. The van der Waals surface area contributed by atoms with Gasteiger partial charge in [0.05, 0.1) is 11.0 Å². The minimum absolute atomic E-state index is 0.284. The molecule has 1 fully saturated rings. The number of aryl methyl sites for hydroxylation is 3. The highest BCUT2D eigenvalue weighted by Crippen LogP contribution is 2.20. The van der Waals surface area contributed by atoms with Gasteiger partial charge in [-0.2, -0.15) is 4.68 Å². The molecule has 0 saturated carbocycles. The molecule has 2 aromatic heterocycles. The van der Waals surface area contributed by atoms with Crippen molar-refractivity contribution in [2.45, 2.75) is 52.5 Å². The van der Waals surface area contributed by atoms with Crippen molar-refractivity contribution in [3.8, 4) is 5.95 Å². The van der Waals surface area contributed by atoms with Gasteiger partial charge in [-0.1, -0.05) is 12.1 Å². The third kappa shape index (κ3) is 3.46. The van der Waals surface area contributed by atoms with E-state index in [-0.39, 0.29) is 5.91 Å². The summed E-state index contributed by atoms with van der Waals surface area (Å²) in [5.74, 6) is 2.74. The van der Waals surface area contributed by atoms with Crippen LogP contribution in [0.25, 0.3) is 17.0 Å². The van der Waals surface area contributed by atoms with Gasteiger partial charge in [-0.05, 0) is 45.2 Å². The van der Waals surface area contributed by atoms with Crippen LogP contribution in [0.4, 0.5) is 0 Å². The van der Waals surface area contributed by atoms with Crippen LogP contribution in [0.5, 0.6) is 0 Å². The predicted octanol–water partition coefficient (Wildman–Crippen LogP) is 2.89. The zero-order valence-corrected chi connectivity index (χ0v) is 16.1. The van der Waals surface area contributed by atoms with E-state index >= 15 is 0 Å². The maximum atomic E-state index is 12.0. The van der Waals surface area contributed by atoms with E-state index in [1.54, 1.807) is 0 Å². The number of piperidine rings is 1. The summed E-state index contributed by atoms with van der Waals surface area (Å²) in [5, 5.41) is 4.61. The van der Waals surface area contributed by atoms with Crippen molar-refractivity contribution in [2.75, 3.05) is 13.1 Å². The summed E-state index contributed by atoms with van der Waals surface area (Å²) in [5.41, 5.74) is 2.07. The first-order chi connectivity index (χ1) is 13.2. The monoisotopic (exact) mass is 366 g/mol. The summed E-state index contributed by atoms with van der Waals surface area (Å²) < 4.78 is 4.04. The van der Waals surface area contributed by atoms with E-state index in [0.717, 1.165) is 73.9 Å². The molecule has 0 spiro atoms. The molecule has 0 radical (unpaired) electrons. The average Bonchev–Trinajstić information content (AvgIpc) is 3.23. The highest BCUT2D eigenvalue weighted by Gasteiger charge is 2.19. The number of hydrogen-bond donors (Lipinski definition) is 0. The Bertz CT molecular complexity index is 957. The van der Waals surface area contributed by atoms with Gasteiger partial charge < -0.3 is 9.47 Å². The Hall–Kier alpha value is -2.70. The molecule has 1 aromatic carbocycles. The molecule has 0 N–H and O–H groups in total. The van der Waals surface area contributed by atoms with Gasteiger partial charge >= 0.3 is 0 Å². The number of carbonyl (C=O) groups is 1. The number of benzene rings is 1. The summed E-state index contributed by atoms with van der Waals surface area (Å²) in [6, 6.07) is 8.14. The average molecular weight is 366 g/mol. The molecule has 0 atom stereocenters. The van der Waals surface area contributed by atoms with Crippen molar-refractivity contribution in [1.29, 1.82) is 0 Å². The third-order valence-corrected chi connectivity index (χ3v) is 5.17. The van der Waals surface area contributed by atoms with Crippen molar-refractivity contribution in [2.24, 2.45) is 0 Å². The van der Waals surface area contributed by atoms with Crippen molar-refractivity contribution < 1.29 is 4.79 Å². The van der Waals surface area contributed by atoms with Crippen LogP contribution in [0.3, 0.4) is 0 Å². The van der Waals surface area contributed by atoms with Crippen LogP contribution >= 0.6 is 0 Å². The molecule has 1 amide bonds. The lowest BCUT2D eigenvalue weighted by Crippen LogP contribution is -2.36. The van der Waals surface area contributed by atoms with Crippen molar-refractivity contribution in [3.63, 3.8) is 0 Å². The lowest BCUT2D eigenvalue weighted by Gasteiger charge is -2.26. The van der Waals surface area contributed by atoms with E-state index in [2.05, 4.69) is 27.6 Å². The number of aromatic nitrogens is 5. The zero-order valence-electron chi connectivity index (χ0n) is 16.1. The number of nitrogens with zero attached hydrogens (tertiary/aromatic N) is 6. The molecular weight excluding hydrogens is 340 g/mol. The van der Waals surface area contributed by atoms with E-state index in [0.29, 0.717) is 6.42 Å². The van der Waals surface area contributed by atoms with Gasteiger partial charge in [-0.15, -0.1) is 5.10 Å². The quantitative estimate of drug-likeness (QED) is 0.673. The van der Waals surface area contributed by atoms with E-state index < -0.39 is 0 Å². The Morgan fingerprint density at radius 3 is 2.81 bits per heavy atom. The van der Waals surface area contributed by atoms with Crippen LogP contribution in [0.2, 0.25) is 0 Å². The van der Waals surface area contributed by atoms with Gasteiger partial charge in [0.1, 0.15) is 11.6 Å². The summed E-state index contributed by atoms with van der Waals surface area (Å²) in [6.45, 7) is 6.51. The molecule has 7 heteroatoms. The fourth-order valence-electron chi connectivity index (χ4n) is 3.84. The molecule has 142 valence electrons. The summed E-state index contributed by atoms with van der Waals surface area (Å²) >= 11 is 0. The molecule has 4 rings (SSSR count). The Balaban J connectivity index is 1.57. The number of imidazole rings is 1. The topological polar surface area (TPSA) is 68.8 Å². The molecule has 1 aliphatic heterocycles. The Labute approximate surface area is 159 Å². The summed E-state index contributed by atoms with van der Waals surface area (Å²) in [4.78, 5) is 23.4. The number of rotatable bonds is 6. The fourth-order valence-corrected chi connectivity index (χ4v) is 3.84. The molecular formula is C20H26N6O. The molecule has 7 nitrogen and oxygen atoms in total. The zero-order chi connectivity index (χ0) is 18.8. The fraction of sp³-hybridized carbons (Fsp3) is 0.500. The molecule has 3 aromatic rings. The first-order valence-corrected chi connectivity index (χ1v) is 9.83. The number of carbonyl (C=O) groups excluding carboxylic acids is 1. The second kappa shape index (κ2) is 7.50. The van der Waals surface area contributed by atoms with Gasteiger partial charge in [-0.25, -0.2) is 9.97 Å². The Morgan fingerprint density at radius 1 is 1.15 bits per heavy atom. The maximum Gasteiger partial charge on any atom is 0.233 e. The maximum absolute atomic E-state index is 12.0. The lowest BCUT2D eigenvalue weighted by atomic mass is 10.1. The molecule has 3 heterocycles. The van der Waals surface area contributed by atoms with Gasteiger partial charge in [0.25, 0.3) is 0 Å². The number of hydrogen-bond acceptors (Lipinski definition) is 4. The predicted molar refractivity (Wildman–Crippen MR) is 104 cm³/mol. The standard InChI is InChI=1S/C20H26N6O/c1-3-25-17-10-5-4-9-16(17)22-20(25)26-18(21-15(2)23-26)11-8-14-24-13-7-6-12-19(24)27/h4-5,9-10H,3,6-8,11-14H2,1-2H3. The minimum Gasteiger partial charge on any atom is -0.343 e. The van der Waals surface area contributed by atoms with Gasteiger partial charge in [0, 0.05) is 32.5 Å². The normalized spacial score (nSPS) is 15.0. The smallest absolute Gasteiger partial charge is 0.233 e. The van der Waals surface area contributed by atoms with Gasteiger partial charge in [0.2, 0.25) is 11.9 Å². The van der Waals surface area contributed by atoms with Crippen LogP contribution in [-0.4, -0.2) is 48.2 Å². The second-order valence-electron chi connectivity index (χ2n) is 7.07. The third-order valence-electron chi connectivity index (χ3n) is 5.17. The van der Waals surface area contributed by atoms with Crippen LogP contribution in [-0.2, 0) is 17.8 Å². The van der Waals surface area contributed by atoms with Crippen LogP contribution in [0, 0.1) is 6.92 Å². The highest BCUT2D eigenvalue weighted by atomic mass is 16.2. The van der Waals surface area contributed by atoms with E-state index in [9.17, 15) is 4.79 Å². The van der Waals surface area contributed by atoms with Crippen molar-refractivity contribution >= 4 is 16.9 Å². The highest BCUT2D eigenvalue weighted by molar-refractivity contribution is 5.77. The van der Waals surface area contributed by atoms with Gasteiger partial charge in [0.15, 0.2) is 0 Å². The van der Waals surface area contributed by atoms with Crippen LogP contribution < -0.4 is 0 Å². The Kier molecular flexibility index (Phi) is 4.92. The molecule has 0 aliphatic carbocycles. The van der Waals surface area contributed by atoms with E-state index in [1.807, 2.05) is 34.7 Å². The first-order valence-electron chi connectivity index (χ1n) is 9.83. The molecule has 1 saturated heterocycles. The second-order valence-corrected chi connectivity index (χ2v) is 7.07. The van der Waals surface area contributed by atoms with Crippen molar-refractivity contribution in [1.82, 2.24) is 29.2 Å². The Morgan fingerprint density at radius 2 is 2.00 bits per heavy atom. The van der Waals surface area contributed by atoms with E-state index in [1.165, 1.54) is 0 Å². The molecule has 1 aliphatic rings. The number of fused-ring (bicyclic) bond motifs is 1. The van der Waals surface area contributed by atoms with Crippen LogP contribution in [0.1, 0.15) is 44.3 Å². The summed E-state index contributed by atoms with van der Waals surface area (Å²) in [6.07, 6.45) is 4.49. The first kappa shape index (κ1) is 17.7. The number of amides is 1. The van der Waals surface area contributed by atoms with E-state index in [4.69, 9.17) is 4.98 Å². The molecule has 27 heavy (non-hydrogen) atoms. The molecule has 0 unspecified atom stereocenters. The van der Waals surface area contributed by atoms with Crippen LogP contribution in [0.15, 0.2) is 24.3 Å². The SMILES string of the molecule is CCn1c(-n2nc(C)nc2CCCN2CCCCC2=O)nc2ccccc21. The van der Waals surface area contributed by atoms with Crippen molar-refractivity contribution in [3.05, 3.63) is 35.9 Å².